The van der Waals surface area contributed by atoms with Crippen LogP contribution in [0.1, 0.15) is 38.7 Å². The summed E-state index contributed by atoms with van der Waals surface area (Å²) in [5, 5.41) is 4.76. The Kier molecular flexibility index (Phi) is 7.57. The van der Waals surface area contributed by atoms with E-state index in [2.05, 4.69) is 22.3 Å². The van der Waals surface area contributed by atoms with Crippen molar-refractivity contribution in [3.05, 3.63) is 45.9 Å². The number of nitrogens with one attached hydrogen (secondary N) is 1. The first-order valence-corrected chi connectivity index (χ1v) is 10.7. The van der Waals surface area contributed by atoms with E-state index in [1.807, 2.05) is 32.0 Å². The van der Waals surface area contributed by atoms with Gasteiger partial charge in [0, 0.05) is 25.3 Å². The molecule has 2 aromatic carbocycles. The van der Waals surface area contributed by atoms with E-state index in [1.54, 1.807) is 0 Å². The van der Waals surface area contributed by atoms with Crippen molar-refractivity contribution in [3.8, 4) is 11.5 Å². The summed E-state index contributed by atoms with van der Waals surface area (Å²) >= 11 is 13.0. The van der Waals surface area contributed by atoms with Crippen LogP contribution in [0.3, 0.4) is 0 Å². The molecular weight excluding hydrogens is 395 g/mol. The van der Waals surface area contributed by atoms with Gasteiger partial charge in [0.2, 0.25) is 0 Å². The first-order chi connectivity index (χ1) is 13.6. The minimum atomic E-state index is 0.541. The molecule has 1 saturated heterocycles. The summed E-state index contributed by atoms with van der Waals surface area (Å²) in [6.07, 6.45) is 3.77. The third kappa shape index (κ3) is 5.18. The molecule has 1 aliphatic heterocycles. The van der Waals surface area contributed by atoms with Crippen LogP contribution in [0, 0.1) is 0 Å². The summed E-state index contributed by atoms with van der Waals surface area (Å²) in [5.41, 5.74) is 3.12. The highest BCUT2D eigenvalue weighted by molar-refractivity contribution is 6.33. The zero-order valence-corrected chi connectivity index (χ0v) is 18.1. The summed E-state index contributed by atoms with van der Waals surface area (Å²) in [6, 6.07) is 10.1. The van der Waals surface area contributed by atoms with Crippen molar-refractivity contribution in [1.29, 1.82) is 0 Å². The largest absolute Gasteiger partial charge is 0.490 e. The van der Waals surface area contributed by atoms with Gasteiger partial charge in [-0.1, -0.05) is 23.2 Å². The number of ether oxygens (including phenoxy) is 2. The fourth-order valence-corrected chi connectivity index (χ4v) is 4.07. The fourth-order valence-electron chi connectivity index (χ4n) is 3.48. The smallest absolute Gasteiger partial charge is 0.179 e. The number of rotatable bonds is 8. The second kappa shape index (κ2) is 10.1. The second-order valence-electron chi connectivity index (χ2n) is 6.84. The van der Waals surface area contributed by atoms with Gasteiger partial charge in [-0.25, -0.2) is 0 Å². The first kappa shape index (κ1) is 20.9. The molecule has 0 bridgehead atoms. The molecule has 152 valence electrons. The van der Waals surface area contributed by atoms with Gasteiger partial charge in [-0.05, 0) is 69.0 Å². The predicted molar refractivity (Wildman–Crippen MR) is 119 cm³/mol. The maximum absolute atomic E-state index is 6.55. The third-order valence-electron chi connectivity index (χ3n) is 4.80. The van der Waals surface area contributed by atoms with Gasteiger partial charge < -0.3 is 19.7 Å². The van der Waals surface area contributed by atoms with Crippen molar-refractivity contribution in [1.82, 2.24) is 0 Å². The topological polar surface area (TPSA) is 33.7 Å². The first-order valence-electron chi connectivity index (χ1n) is 9.98. The normalized spacial score (nSPS) is 14.1. The molecule has 3 rings (SSSR count). The number of hydrogen-bond acceptors (Lipinski definition) is 4. The maximum atomic E-state index is 6.55. The van der Waals surface area contributed by atoms with Crippen molar-refractivity contribution in [3.63, 3.8) is 0 Å². The number of nitrogens with zero attached hydrogens (tertiary/aromatic N) is 1. The van der Waals surface area contributed by atoms with Crippen LogP contribution < -0.4 is 19.7 Å². The van der Waals surface area contributed by atoms with Gasteiger partial charge in [0.1, 0.15) is 0 Å². The monoisotopic (exact) mass is 422 g/mol. The van der Waals surface area contributed by atoms with E-state index in [4.69, 9.17) is 32.7 Å². The van der Waals surface area contributed by atoms with Crippen molar-refractivity contribution >= 4 is 34.6 Å². The Morgan fingerprint density at radius 3 is 2.36 bits per heavy atom. The van der Waals surface area contributed by atoms with E-state index in [9.17, 15) is 0 Å². The van der Waals surface area contributed by atoms with Gasteiger partial charge in [-0.2, -0.15) is 0 Å². The van der Waals surface area contributed by atoms with Crippen LogP contribution in [0.4, 0.5) is 11.4 Å². The van der Waals surface area contributed by atoms with Crippen LogP contribution in [0.25, 0.3) is 0 Å². The minimum Gasteiger partial charge on any atom is -0.490 e. The molecule has 0 atom stereocenters. The van der Waals surface area contributed by atoms with Gasteiger partial charge in [0.25, 0.3) is 0 Å². The summed E-state index contributed by atoms with van der Waals surface area (Å²) in [5.74, 6) is 1.27. The molecular formula is C22H28Cl2N2O2. The van der Waals surface area contributed by atoms with E-state index in [1.165, 1.54) is 19.3 Å². The molecule has 1 fully saturated rings. The van der Waals surface area contributed by atoms with Gasteiger partial charge in [-0.15, -0.1) is 0 Å². The predicted octanol–water partition coefficient (Wildman–Crippen LogP) is 6.39. The Bertz CT molecular complexity index is 792. The summed E-state index contributed by atoms with van der Waals surface area (Å²) in [7, 11) is 0. The zero-order valence-electron chi connectivity index (χ0n) is 16.6. The van der Waals surface area contributed by atoms with Gasteiger partial charge in [0.15, 0.2) is 11.5 Å². The van der Waals surface area contributed by atoms with Crippen molar-refractivity contribution in [2.75, 3.05) is 36.5 Å². The van der Waals surface area contributed by atoms with E-state index in [-0.39, 0.29) is 0 Å². The summed E-state index contributed by atoms with van der Waals surface area (Å²) in [4.78, 5) is 2.37. The third-order valence-corrected chi connectivity index (χ3v) is 5.38. The molecule has 0 unspecified atom stereocenters. The zero-order chi connectivity index (χ0) is 19.9. The van der Waals surface area contributed by atoms with Gasteiger partial charge >= 0.3 is 0 Å². The van der Waals surface area contributed by atoms with Crippen LogP contribution in [0.2, 0.25) is 10.0 Å². The van der Waals surface area contributed by atoms with Crippen LogP contribution >= 0.6 is 23.2 Å². The van der Waals surface area contributed by atoms with Crippen LogP contribution in [0.15, 0.2) is 30.3 Å². The average molecular weight is 423 g/mol. The number of piperidine rings is 1. The number of halogens is 2. The Balaban J connectivity index is 1.70. The molecule has 0 radical (unpaired) electrons. The Morgan fingerprint density at radius 1 is 0.929 bits per heavy atom. The minimum absolute atomic E-state index is 0.541. The quantitative estimate of drug-likeness (QED) is 0.533. The highest BCUT2D eigenvalue weighted by Gasteiger charge is 2.15. The molecule has 28 heavy (non-hydrogen) atoms. The van der Waals surface area contributed by atoms with Crippen molar-refractivity contribution in [2.24, 2.45) is 0 Å². The van der Waals surface area contributed by atoms with E-state index in [0.717, 1.165) is 35.1 Å². The summed E-state index contributed by atoms with van der Waals surface area (Å²) in [6.45, 7) is 7.75. The molecule has 2 aromatic rings. The lowest BCUT2D eigenvalue weighted by molar-refractivity contribution is 0.287. The lowest BCUT2D eigenvalue weighted by atomic mass is 10.1. The highest BCUT2D eigenvalue weighted by Crippen LogP contribution is 2.37. The Labute approximate surface area is 177 Å². The van der Waals surface area contributed by atoms with Crippen molar-refractivity contribution < 1.29 is 9.47 Å². The standard InChI is InChI=1S/C22H28Cl2N2O2/c1-3-27-21-13-16(12-19(24)22(21)28-4-2)15-25-17-8-9-20(18(23)14-17)26-10-6-5-7-11-26/h8-9,12-14,25H,3-7,10-11,15H2,1-2H3. The molecule has 1 N–H and O–H groups in total. The molecule has 1 aliphatic rings. The molecule has 1 heterocycles. The van der Waals surface area contributed by atoms with Crippen LogP contribution in [-0.2, 0) is 6.54 Å². The average Bonchev–Trinajstić information content (AvgIpc) is 2.70. The van der Waals surface area contributed by atoms with Crippen LogP contribution in [-0.4, -0.2) is 26.3 Å². The molecule has 4 nitrogen and oxygen atoms in total. The SMILES string of the molecule is CCOc1cc(CNc2ccc(N3CCCCC3)c(Cl)c2)cc(Cl)c1OCC. The fraction of sp³-hybridized carbons (Fsp3) is 0.455. The maximum Gasteiger partial charge on any atom is 0.179 e. The number of benzene rings is 2. The molecule has 6 heteroatoms. The highest BCUT2D eigenvalue weighted by atomic mass is 35.5. The molecule has 0 amide bonds. The van der Waals surface area contributed by atoms with Gasteiger partial charge in [0.05, 0.1) is 28.9 Å². The van der Waals surface area contributed by atoms with Crippen LogP contribution in [0.5, 0.6) is 11.5 Å². The van der Waals surface area contributed by atoms with Gasteiger partial charge in [-0.3, -0.25) is 0 Å². The molecule has 0 saturated carbocycles. The number of hydrogen-bond donors (Lipinski definition) is 1. The molecule has 0 aliphatic carbocycles. The molecule has 0 spiro atoms. The van der Waals surface area contributed by atoms with E-state index >= 15 is 0 Å². The lowest BCUT2D eigenvalue weighted by Gasteiger charge is -2.29. The summed E-state index contributed by atoms with van der Waals surface area (Å²) < 4.78 is 11.3. The number of anilines is 2. The lowest BCUT2D eigenvalue weighted by Crippen LogP contribution is -2.29. The second-order valence-corrected chi connectivity index (χ2v) is 7.65. The Hall–Kier alpha value is -1.78. The van der Waals surface area contributed by atoms with E-state index < -0.39 is 0 Å². The van der Waals surface area contributed by atoms with E-state index in [0.29, 0.717) is 36.3 Å². The molecule has 0 aromatic heterocycles. The van der Waals surface area contributed by atoms with Crippen molar-refractivity contribution in [2.45, 2.75) is 39.7 Å². The Morgan fingerprint density at radius 2 is 1.68 bits per heavy atom.